The molecule has 1 heterocycles. The molecule has 1 aliphatic rings. The van der Waals surface area contributed by atoms with Gasteiger partial charge in [-0.3, -0.25) is 4.90 Å². The minimum Gasteiger partial charge on any atom is -0.494 e. The summed E-state index contributed by atoms with van der Waals surface area (Å²) in [5.74, 6) is 1.01. The standard InChI is InChI=1S/C31H54N2O/c1-3-5-7-9-11-13-14-16-18-24-32-25-27-33(28-26-32)30-20-22-31(23-21-30)34-29-19-17-15-12-10-8-6-4-2/h4,20-23H,2-3,5-19,24-29H2,1H3. The molecular weight excluding hydrogens is 416 g/mol. The van der Waals surface area contributed by atoms with E-state index in [1.54, 1.807) is 0 Å². The van der Waals surface area contributed by atoms with Crippen molar-refractivity contribution in [3.8, 4) is 5.75 Å². The van der Waals surface area contributed by atoms with Crippen molar-refractivity contribution in [1.82, 2.24) is 4.90 Å². The molecule has 1 aliphatic heterocycles. The van der Waals surface area contributed by atoms with Gasteiger partial charge in [-0.25, -0.2) is 0 Å². The normalized spacial score (nSPS) is 14.4. The molecule has 0 aromatic heterocycles. The van der Waals surface area contributed by atoms with E-state index in [9.17, 15) is 0 Å². The van der Waals surface area contributed by atoms with E-state index >= 15 is 0 Å². The van der Waals surface area contributed by atoms with Crippen molar-refractivity contribution in [2.75, 3.05) is 44.2 Å². The van der Waals surface area contributed by atoms with E-state index in [1.807, 2.05) is 6.08 Å². The highest BCUT2D eigenvalue weighted by Crippen LogP contribution is 2.21. The van der Waals surface area contributed by atoms with Crippen LogP contribution in [0.15, 0.2) is 36.9 Å². The topological polar surface area (TPSA) is 15.7 Å². The van der Waals surface area contributed by atoms with Crippen LogP contribution >= 0.6 is 0 Å². The second-order valence-electron chi connectivity index (χ2n) is 10.2. The van der Waals surface area contributed by atoms with Crippen molar-refractivity contribution in [1.29, 1.82) is 0 Å². The second-order valence-corrected chi connectivity index (χ2v) is 10.2. The number of allylic oxidation sites excluding steroid dienone is 1. The van der Waals surface area contributed by atoms with Crippen LogP contribution < -0.4 is 9.64 Å². The number of hydrogen-bond acceptors (Lipinski definition) is 3. The van der Waals surface area contributed by atoms with Crippen molar-refractivity contribution in [3.63, 3.8) is 0 Å². The van der Waals surface area contributed by atoms with Crippen molar-refractivity contribution in [2.45, 2.75) is 110 Å². The Morgan fingerprint density at radius 2 is 1.26 bits per heavy atom. The summed E-state index contributed by atoms with van der Waals surface area (Å²) in [5, 5.41) is 0. The van der Waals surface area contributed by atoms with E-state index in [2.05, 4.69) is 47.6 Å². The lowest BCUT2D eigenvalue weighted by Crippen LogP contribution is -2.46. The molecule has 0 saturated carbocycles. The van der Waals surface area contributed by atoms with Crippen molar-refractivity contribution in [2.24, 2.45) is 0 Å². The molecule has 0 amide bonds. The predicted octanol–water partition coefficient (Wildman–Crippen LogP) is 8.63. The van der Waals surface area contributed by atoms with Crippen LogP contribution in [0.5, 0.6) is 5.75 Å². The highest BCUT2D eigenvalue weighted by atomic mass is 16.5. The molecule has 0 radical (unpaired) electrons. The molecule has 0 atom stereocenters. The zero-order chi connectivity index (χ0) is 24.1. The van der Waals surface area contributed by atoms with Crippen molar-refractivity contribution in [3.05, 3.63) is 36.9 Å². The largest absolute Gasteiger partial charge is 0.494 e. The summed E-state index contributed by atoms with van der Waals surface area (Å²) in [6, 6.07) is 8.79. The highest BCUT2D eigenvalue weighted by molar-refractivity contribution is 5.49. The van der Waals surface area contributed by atoms with Gasteiger partial charge >= 0.3 is 0 Å². The third kappa shape index (κ3) is 13.4. The van der Waals surface area contributed by atoms with Crippen LogP contribution in [0.1, 0.15) is 110 Å². The van der Waals surface area contributed by atoms with Gasteiger partial charge < -0.3 is 9.64 Å². The van der Waals surface area contributed by atoms with Gasteiger partial charge in [-0.05, 0) is 56.5 Å². The van der Waals surface area contributed by atoms with Crippen LogP contribution in [-0.2, 0) is 0 Å². The molecule has 0 spiro atoms. The molecule has 1 saturated heterocycles. The fourth-order valence-corrected chi connectivity index (χ4v) is 4.92. The molecule has 34 heavy (non-hydrogen) atoms. The van der Waals surface area contributed by atoms with Crippen LogP contribution in [-0.4, -0.2) is 44.2 Å². The van der Waals surface area contributed by atoms with Crippen LogP contribution in [0.2, 0.25) is 0 Å². The number of anilines is 1. The third-order valence-electron chi connectivity index (χ3n) is 7.22. The maximum Gasteiger partial charge on any atom is 0.119 e. The molecule has 1 fully saturated rings. The van der Waals surface area contributed by atoms with E-state index in [1.165, 1.54) is 115 Å². The van der Waals surface area contributed by atoms with Crippen LogP contribution in [0.4, 0.5) is 5.69 Å². The van der Waals surface area contributed by atoms with Gasteiger partial charge in [0.25, 0.3) is 0 Å². The Kier molecular flexibility index (Phi) is 16.7. The van der Waals surface area contributed by atoms with Crippen molar-refractivity contribution >= 4 is 5.69 Å². The molecule has 3 nitrogen and oxygen atoms in total. The number of benzene rings is 1. The zero-order valence-electron chi connectivity index (χ0n) is 22.5. The van der Waals surface area contributed by atoms with Gasteiger partial charge in [-0.2, -0.15) is 0 Å². The number of unbranched alkanes of at least 4 members (excludes halogenated alkanes) is 14. The fourth-order valence-electron chi connectivity index (χ4n) is 4.92. The van der Waals surface area contributed by atoms with Crippen LogP contribution in [0.25, 0.3) is 0 Å². The molecule has 1 aromatic carbocycles. The molecule has 1 aromatic rings. The minimum atomic E-state index is 0.837. The van der Waals surface area contributed by atoms with Crippen LogP contribution in [0.3, 0.4) is 0 Å². The molecule has 2 rings (SSSR count). The van der Waals surface area contributed by atoms with E-state index in [-0.39, 0.29) is 0 Å². The second kappa shape index (κ2) is 19.8. The van der Waals surface area contributed by atoms with Gasteiger partial charge in [-0.1, -0.05) is 90.0 Å². The first-order valence-electron chi connectivity index (χ1n) is 14.6. The summed E-state index contributed by atoms with van der Waals surface area (Å²) in [6.07, 6.45) is 23.7. The van der Waals surface area contributed by atoms with Gasteiger partial charge in [0.15, 0.2) is 0 Å². The lowest BCUT2D eigenvalue weighted by atomic mass is 10.1. The lowest BCUT2D eigenvalue weighted by molar-refractivity contribution is 0.252. The van der Waals surface area contributed by atoms with Gasteiger partial charge in [0, 0.05) is 31.9 Å². The Morgan fingerprint density at radius 1 is 0.706 bits per heavy atom. The summed E-state index contributed by atoms with van der Waals surface area (Å²) in [4.78, 5) is 5.19. The maximum absolute atomic E-state index is 5.97. The van der Waals surface area contributed by atoms with Gasteiger partial charge in [0.05, 0.1) is 6.61 Å². The average Bonchev–Trinajstić information content (AvgIpc) is 2.87. The number of rotatable bonds is 21. The number of nitrogens with zero attached hydrogens (tertiary/aromatic N) is 2. The average molecular weight is 471 g/mol. The zero-order valence-corrected chi connectivity index (χ0v) is 22.5. The van der Waals surface area contributed by atoms with Gasteiger partial charge in [-0.15, -0.1) is 6.58 Å². The van der Waals surface area contributed by atoms with E-state index < -0.39 is 0 Å². The Labute approximate surface area is 211 Å². The highest BCUT2D eigenvalue weighted by Gasteiger charge is 2.16. The van der Waals surface area contributed by atoms with E-state index in [4.69, 9.17) is 4.74 Å². The Bertz CT molecular complexity index is 592. The summed E-state index contributed by atoms with van der Waals surface area (Å²) in [7, 11) is 0. The Morgan fingerprint density at radius 3 is 1.88 bits per heavy atom. The molecular formula is C31H54N2O. The summed E-state index contributed by atoms with van der Waals surface area (Å²) >= 11 is 0. The van der Waals surface area contributed by atoms with Crippen molar-refractivity contribution < 1.29 is 4.74 Å². The Balaban J connectivity index is 1.48. The van der Waals surface area contributed by atoms with Crippen LogP contribution in [0, 0.1) is 0 Å². The quantitative estimate of drug-likeness (QED) is 0.132. The van der Waals surface area contributed by atoms with Gasteiger partial charge in [0.1, 0.15) is 5.75 Å². The van der Waals surface area contributed by atoms with E-state index in [0.29, 0.717) is 0 Å². The molecule has 3 heteroatoms. The molecule has 0 bridgehead atoms. The number of hydrogen-bond donors (Lipinski definition) is 0. The summed E-state index contributed by atoms with van der Waals surface area (Å²) < 4.78 is 5.97. The smallest absolute Gasteiger partial charge is 0.119 e. The van der Waals surface area contributed by atoms with E-state index in [0.717, 1.165) is 38.3 Å². The SMILES string of the molecule is C=CCCCCCCCCOc1ccc(N2CCN(CCCCCCCCCCC)CC2)cc1. The molecule has 0 unspecified atom stereocenters. The molecule has 194 valence electrons. The Hall–Kier alpha value is -1.48. The number of ether oxygens (including phenoxy) is 1. The number of piperazine rings is 1. The lowest BCUT2D eigenvalue weighted by Gasteiger charge is -2.36. The summed E-state index contributed by atoms with van der Waals surface area (Å²) in [6.45, 7) is 12.9. The first-order valence-corrected chi connectivity index (χ1v) is 14.6. The predicted molar refractivity (Wildman–Crippen MR) is 150 cm³/mol. The van der Waals surface area contributed by atoms with Gasteiger partial charge in [0.2, 0.25) is 0 Å². The fraction of sp³-hybridized carbons (Fsp3) is 0.742. The minimum absolute atomic E-state index is 0.837. The third-order valence-corrected chi connectivity index (χ3v) is 7.22. The monoisotopic (exact) mass is 470 g/mol. The molecule has 0 N–H and O–H groups in total. The first-order chi connectivity index (χ1) is 16.8. The summed E-state index contributed by atoms with van der Waals surface area (Å²) in [5.41, 5.74) is 1.34. The molecule has 0 aliphatic carbocycles. The maximum atomic E-state index is 5.97. The first kappa shape index (κ1) is 28.8.